The highest BCUT2D eigenvalue weighted by Crippen LogP contribution is 2.18. The summed E-state index contributed by atoms with van der Waals surface area (Å²) < 4.78 is 12.4. The molecule has 0 bridgehead atoms. The molecule has 68 valence electrons. The fourth-order valence-electron chi connectivity index (χ4n) is 1.03. The molecule has 0 spiro atoms. The predicted molar refractivity (Wildman–Crippen MR) is 54.8 cm³/mol. The highest BCUT2D eigenvalue weighted by Gasteiger charge is 2.01. The van der Waals surface area contributed by atoms with Gasteiger partial charge < -0.3 is 5.11 Å². The number of allylic oxidation sites excluding steroid dienone is 1. The number of thiocarbonyl (C=S) groups is 1. The molecule has 0 aliphatic carbocycles. The minimum atomic E-state index is -0.402. The summed E-state index contributed by atoms with van der Waals surface area (Å²) in [5, 5.41) is 10.6. The Morgan fingerprint density at radius 3 is 2.85 bits per heavy atom. The van der Waals surface area contributed by atoms with Crippen LogP contribution in [0.3, 0.4) is 0 Å². The van der Waals surface area contributed by atoms with Gasteiger partial charge in [0.05, 0.1) is 5.83 Å². The van der Waals surface area contributed by atoms with E-state index in [4.69, 9.17) is 0 Å². The molecule has 3 heteroatoms. The maximum absolute atomic E-state index is 12.4. The Hall–Kier alpha value is -1.22. The van der Waals surface area contributed by atoms with Crippen LogP contribution >= 0.6 is 12.2 Å². The summed E-state index contributed by atoms with van der Waals surface area (Å²) in [5.41, 5.74) is 1.29. The van der Waals surface area contributed by atoms with Gasteiger partial charge in [-0.05, 0) is 17.7 Å². The maximum Gasteiger partial charge on any atom is 0.123 e. The Bertz CT molecular complexity index is 347. The molecule has 1 rings (SSSR count). The van der Waals surface area contributed by atoms with Crippen LogP contribution in [0.25, 0.3) is 0 Å². The lowest BCUT2D eigenvalue weighted by atomic mass is 10.1. The van der Waals surface area contributed by atoms with E-state index in [1.54, 1.807) is 12.1 Å². The number of halogens is 1. The smallest absolute Gasteiger partial charge is 0.123 e. The zero-order valence-electron chi connectivity index (χ0n) is 6.96. The van der Waals surface area contributed by atoms with Gasteiger partial charge in [-0.2, -0.15) is 0 Å². The van der Waals surface area contributed by atoms with E-state index >= 15 is 0 Å². The maximum atomic E-state index is 12.4. The monoisotopic (exact) mass is 196 g/mol. The fourth-order valence-corrected chi connectivity index (χ4v) is 1.22. The van der Waals surface area contributed by atoms with Crippen LogP contribution in [-0.4, -0.2) is 10.5 Å². The fraction of sp³-hybridized carbons (Fsp3) is 0.100. The summed E-state index contributed by atoms with van der Waals surface area (Å²) in [6.45, 7) is 3.16. The molecule has 0 aliphatic heterocycles. The minimum Gasteiger partial charge on any atom is -0.507 e. The number of phenolic OH excluding ortho intramolecular Hbond substituents is 1. The molecule has 0 amide bonds. The number of rotatable bonds is 3. The molecule has 0 aromatic heterocycles. The Labute approximate surface area is 81.5 Å². The molecule has 1 N–H and O–H groups in total. The molecular weight excluding hydrogens is 187 g/mol. The lowest BCUT2D eigenvalue weighted by Crippen LogP contribution is -1.88. The third-order valence-electron chi connectivity index (χ3n) is 1.61. The average Bonchev–Trinajstić information content (AvgIpc) is 2.07. The first-order valence-electron chi connectivity index (χ1n) is 3.74. The van der Waals surface area contributed by atoms with Gasteiger partial charge in [-0.3, -0.25) is 0 Å². The average molecular weight is 196 g/mol. The van der Waals surface area contributed by atoms with Crippen molar-refractivity contribution in [1.82, 2.24) is 0 Å². The molecule has 0 fully saturated rings. The summed E-state index contributed by atoms with van der Waals surface area (Å²) >= 11 is 4.68. The molecule has 0 heterocycles. The van der Waals surface area contributed by atoms with Crippen LogP contribution in [0.15, 0.2) is 30.6 Å². The van der Waals surface area contributed by atoms with Crippen LogP contribution in [-0.2, 0) is 6.42 Å². The van der Waals surface area contributed by atoms with Crippen molar-refractivity contribution in [2.75, 3.05) is 0 Å². The predicted octanol–water partition coefficient (Wildman–Crippen LogP) is 2.77. The van der Waals surface area contributed by atoms with Gasteiger partial charge in [0.2, 0.25) is 0 Å². The number of benzene rings is 1. The van der Waals surface area contributed by atoms with Crippen molar-refractivity contribution >= 4 is 17.6 Å². The van der Waals surface area contributed by atoms with Crippen molar-refractivity contribution in [2.24, 2.45) is 0 Å². The largest absolute Gasteiger partial charge is 0.507 e. The van der Waals surface area contributed by atoms with E-state index in [0.717, 1.165) is 5.56 Å². The Morgan fingerprint density at radius 1 is 1.62 bits per heavy atom. The number of aromatic hydroxyl groups is 1. The van der Waals surface area contributed by atoms with Gasteiger partial charge in [0.25, 0.3) is 0 Å². The standard InChI is InChI=1S/C10H9FOS/c1-7(11)4-8-2-3-10(12)9(5-8)6-13/h2-3,5-6,12H,1,4H2. The molecule has 0 radical (unpaired) electrons. The molecule has 0 saturated heterocycles. The summed E-state index contributed by atoms with van der Waals surface area (Å²) in [6.07, 6.45) is 0.163. The summed E-state index contributed by atoms with van der Waals surface area (Å²) in [4.78, 5) is 0. The topological polar surface area (TPSA) is 20.2 Å². The molecule has 0 aliphatic rings. The lowest BCUT2D eigenvalue weighted by Gasteiger charge is -2.02. The summed E-state index contributed by atoms with van der Waals surface area (Å²) in [6, 6.07) is 4.78. The SMILES string of the molecule is C=C(F)Cc1ccc(O)c(C=S)c1. The zero-order chi connectivity index (χ0) is 9.84. The second kappa shape index (κ2) is 4.14. The van der Waals surface area contributed by atoms with Gasteiger partial charge in [-0.1, -0.05) is 24.9 Å². The highest BCUT2D eigenvalue weighted by atomic mass is 32.1. The second-order valence-corrected chi connectivity index (χ2v) is 2.94. The van der Waals surface area contributed by atoms with Crippen molar-refractivity contribution in [3.63, 3.8) is 0 Å². The molecule has 0 saturated carbocycles. The van der Waals surface area contributed by atoms with Gasteiger partial charge in [0.1, 0.15) is 5.75 Å². The molecule has 0 atom stereocenters. The first-order chi connectivity index (χ1) is 6.13. The van der Waals surface area contributed by atoms with Crippen LogP contribution < -0.4 is 0 Å². The van der Waals surface area contributed by atoms with E-state index < -0.39 is 5.83 Å². The molecular formula is C10H9FOS. The van der Waals surface area contributed by atoms with E-state index in [1.807, 2.05) is 0 Å². The van der Waals surface area contributed by atoms with Gasteiger partial charge >= 0.3 is 0 Å². The van der Waals surface area contributed by atoms with Crippen molar-refractivity contribution in [1.29, 1.82) is 0 Å². The van der Waals surface area contributed by atoms with Gasteiger partial charge in [0.15, 0.2) is 0 Å². The third-order valence-corrected chi connectivity index (χ3v) is 1.87. The lowest BCUT2D eigenvalue weighted by molar-refractivity contribution is 0.474. The van der Waals surface area contributed by atoms with E-state index in [9.17, 15) is 9.50 Å². The molecule has 1 aromatic rings. The van der Waals surface area contributed by atoms with Crippen LogP contribution in [0.1, 0.15) is 11.1 Å². The van der Waals surface area contributed by atoms with Gasteiger partial charge in [-0.15, -0.1) is 0 Å². The normalized spacial score (nSPS) is 9.62. The number of hydrogen-bond donors (Lipinski definition) is 1. The Kier molecular flexibility index (Phi) is 3.14. The van der Waals surface area contributed by atoms with E-state index in [0.29, 0.717) is 5.56 Å². The first kappa shape index (κ1) is 9.86. The second-order valence-electron chi connectivity index (χ2n) is 2.71. The first-order valence-corrected chi connectivity index (χ1v) is 4.21. The van der Waals surface area contributed by atoms with Crippen LogP contribution in [0.2, 0.25) is 0 Å². The molecule has 1 aromatic carbocycles. The van der Waals surface area contributed by atoms with Crippen molar-refractivity contribution < 1.29 is 9.50 Å². The van der Waals surface area contributed by atoms with E-state index in [2.05, 4.69) is 18.8 Å². The molecule has 0 unspecified atom stereocenters. The number of phenols is 1. The Morgan fingerprint density at radius 2 is 2.31 bits per heavy atom. The quantitative estimate of drug-likeness (QED) is 0.750. The van der Waals surface area contributed by atoms with Crippen molar-refractivity contribution in [3.8, 4) is 5.75 Å². The van der Waals surface area contributed by atoms with Gasteiger partial charge in [-0.25, -0.2) is 4.39 Å². The minimum absolute atomic E-state index is 0.114. The van der Waals surface area contributed by atoms with Crippen LogP contribution in [0.5, 0.6) is 5.75 Å². The third kappa shape index (κ3) is 2.63. The van der Waals surface area contributed by atoms with E-state index in [1.165, 1.54) is 11.4 Å². The van der Waals surface area contributed by atoms with Crippen molar-refractivity contribution in [3.05, 3.63) is 41.7 Å². The van der Waals surface area contributed by atoms with Crippen LogP contribution in [0.4, 0.5) is 4.39 Å². The van der Waals surface area contributed by atoms with Crippen LogP contribution in [0, 0.1) is 0 Å². The zero-order valence-corrected chi connectivity index (χ0v) is 7.77. The summed E-state index contributed by atoms with van der Waals surface area (Å²) in [7, 11) is 0. The molecule has 1 nitrogen and oxygen atoms in total. The summed E-state index contributed by atoms with van der Waals surface area (Å²) in [5.74, 6) is -0.288. The molecule has 13 heavy (non-hydrogen) atoms. The van der Waals surface area contributed by atoms with E-state index in [-0.39, 0.29) is 12.2 Å². The Balaban J connectivity index is 2.99. The highest BCUT2D eigenvalue weighted by molar-refractivity contribution is 7.79. The number of hydrogen-bond acceptors (Lipinski definition) is 2. The van der Waals surface area contributed by atoms with Gasteiger partial charge in [0, 0.05) is 17.4 Å². The van der Waals surface area contributed by atoms with Crippen molar-refractivity contribution in [2.45, 2.75) is 6.42 Å².